The lowest BCUT2D eigenvalue weighted by Crippen LogP contribution is -2.56. The summed E-state index contributed by atoms with van der Waals surface area (Å²) in [7, 11) is 1.28. The zero-order valence-electron chi connectivity index (χ0n) is 15.0. The van der Waals surface area contributed by atoms with Crippen LogP contribution in [0.1, 0.15) is 50.5 Å². The van der Waals surface area contributed by atoms with Gasteiger partial charge < -0.3 is 15.2 Å². The van der Waals surface area contributed by atoms with E-state index in [2.05, 4.69) is 5.32 Å². The van der Waals surface area contributed by atoms with Crippen LogP contribution in [0.5, 0.6) is 5.75 Å². The van der Waals surface area contributed by atoms with Crippen molar-refractivity contribution < 1.29 is 23.4 Å². The molecule has 142 valence electrons. The molecular formula is C20H25F2NO3. The molecule has 2 atom stereocenters. The topological polar surface area (TPSA) is 58.6 Å². The zero-order chi connectivity index (χ0) is 18.5. The van der Waals surface area contributed by atoms with Crippen molar-refractivity contribution in [2.45, 2.75) is 57.1 Å². The summed E-state index contributed by atoms with van der Waals surface area (Å²) in [5.74, 6) is -1.31. The van der Waals surface area contributed by atoms with Crippen molar-refractivity contribution in [3.05, 3.63) is 29.3 Å². The summed E-state index contributed by atoms with van der Waals surface area (Å²) in [6.45, 7) is -0.0568. The predicted molar refractivity (Wildman–Crippen MR) is 91.4 cm³/mol. The molecule has 5 rings (SSSR count). The fraction of sp³-hybridized carbons (Fsp3) is 0.650. The van der Waals surface area contributed by atoms with Crippen LogP contribution in [0.2, 0.25) is 0 Å². The molecule has 4 aliphatic carbocycles. The highest BCUT2D eigenvalue weighted by Gasteiger charge is 2.57. The summed E-state index contributed by atoms with van der Waals surface area (Å²) < 4.78 is 32.6. The van der Waals surface area contributed by atoms with Crippen LogP contribution in [-0.2, 0) is 11.3 Å². The molecule has 1 amide bonds. The molecule has 1 aromatic rings. The Morgan fingerprint density at radius 1 is 1.23 bits per heavy atom. The Morgan fingerprint density at radius 2 is 1.92 bits per heavy atom. The van der Waals surface area contributed by atoms with E-state index in [1.54, 1.807) is 0 Å². The van der Waals surface area contributed by atoms with Gasteiger partial charge in [0.25, 0.3) is 0 Å². The van der Waals surface area contributed by atoms with Crippen LogP contribution in [0.4, 0.5) is 8.78 Å². The van der Waals surface area contributed by atoms with Crippen molar-refractivity contribution in [1.29, 1.82) is 0 Å². The number of hydrogen-bond acceptors (Lipinski definition) is 3. The van der Waals surface area contributed by atoms with E-state index in [0.29, 0.717) is 24.7 Å². The first kappa shape index (κ1) is 17.7. The van der Waals surface area contributed by atoms with Crippen LogP contribution >= 0.6 is 0 Å². The lowest BCUT2D eigenvalue weighted by Gasteiger charge is -2.60. The normalized spacial score (nSPS) is 34.8. The van der Waals surface area contributed by atoms with E-state index < -0.39 is 17.2 Å². The van der Waals surface area contributed by atoms with Gasteiger partial charge in [-0.25, -0.2) is 4.39 Å². The molecule has 4 fully saturated rings. The second kappa shape index (κ2) is 6.19. The smallest absolute Gasteiger partial charge is 0.220 e. The highest BCUT2D eigenvalue weighted by Crippen LogP contribution is 2.62. The molecule has 0 radical (unpaired) electrons. The van der Waals surface area contributed by atoms with E-state index in [-0.39, 0.29) is 29.2 Å². The highest BCUT2D eigenvalue weighted by molar-refractivity contribution is 5.76. The second-order valence-electron chi connectivity index (χ2n) is 8.69. The maximum absolute atomic E-state index is 14.0. The molecule has 4 aliphatic rings. The Labute approximate surface area is 151 Å². The molecule has 2 N–H and O–H groups in total. The van der Waals surface area contributed by atoms with Gasteiger partial charge in [0.05, 0.1) is 12.7 Å². The molecular weight excluding hydrogens is 340 g/mol. The molecule has 0 heterocycles. The summed E-state index contributed by atoms with van der Waals surface area (Å²) in [6.07, 6.45) is 5.92. The van der Waals surface area contributed by atoms with Gasteiger partial charge in [0.2, 0.25) is 11.7 Å². The minimum absolute atomic E-state index is 0.0568. The largest absolute Gasteiger partial charge is 0.494 e. The Hall–Kier alpha value is -1.69. The van der Waals surface area contributed by atoms with E-state index in [1.807, 2.05) is 0 Å². The Morgan fingerprint density at radius 3 is 2.54 bits per heavy atom. The Kier molecular flexibility index (Phi) is 4.21. The Bertz CT molecular complexity index is 722. The minimum Gasteiger partial charge on any atom is -0.494 e. The summed E-state index contributed by atoms with van der Waals surface area (Å²) in [4.78, 5) is 12.5. The van der Waals surface area contributed by atoms with E-state index >= 15 is 0 Å². The lowest BCUT2D eigenvalue weighted by atomic mass is 9.47. The van der Waals surface area contributed by atoms with Crippen LogP contribution in [0.15, 0.2) is 12.1 Å². The van der Waals surface area contributed by atoms with Gasteiger partial charge in [0, 0.05) is 18.5 Å². The van der Waals surface area contributed by atoms with Gasteiger partial charge in [-0.2, -0.15) is 4.39 Å². The summed E-state index contributed by atoms with van der Waals surface area (Å²) in [6, 6.07) is 2.78. The molecule has 0 unspecified atom stereocenters. The van der Waals surface area contributed by atoms with Crippen LogP contribution in [-0.4, -0.2) is 23.7 Å². The lowest BCUT2D eigenvalue weighted by molar-refractivity contribution is -0.169. The molecule has 0 aromatic heterocycles. The van der Waals surface area contributed by atoms with Crippen molar-refractivity contribution in [2.75, 3.05) is 7.11 Å². The Balaban J connectivity index is 1.40. The van der Waals surface area contributed by atoms with E-state index in [4.69, 9.17) is 4.74 Å². The van der Waals surface area contributed by atoms with Crippen molar-refractivity contribution in [1.82, 2.24) is 5.32 Å². The monoisotopic (exact) mass is 365 g/mol. The zero-order valence-corrected chi connectivity index (χ0v) is 15.0. The molecule has 4 nitrogen and oxygen atoms in total. The third-order valence-corrected chi connectivity index (χ3v) is 6.51. The number of aliphatic hydroxyl groups is 1. The molecule has 0 saturated heterocycles. The molecule has 26 heavy (non-hydrogen) atoms. The first-order valence-electron chi connectivity index (χ1n) is 9.31. The van der Waals surface area contributed by atoms with Crippen molar-refractivity contribution in [3.8, 4) is 5.75 Å². The molecule has 0 aliphatic heterocycles. The average molecular weight is 365 g/mol. The number of methoxy groups -OCH3 is 1. The highest BCUT2D eigenvalue weighted by atomic mass is 19.2. The second-order valence-corrected chi connectivity index (χ2v) is 8.69. The van der Waals surface area contributed by atoms with Crippen LogP contribution < -0.4 is 10.1 Å². The van der Waals surface area contributed by atoms with Gasteiger partial charge >= 0.3 is 0 Å². The number of halogens is 2. The first-order chi connectivity index (χ1) is 12.3. The van der Waals surface area contributed by atoms with Gasteiger partial charge in [0.15, 0.2) is 11.6 Å². The number of amides is 1. The number of carbonyl (C=O) groups is 1. The fourth-order valence-electron chi connectivity index (χ4n) is 6.07. The third-order valence-electron chi connectivity index (χ3n) is 6.51. The quantitative estimate of drug-likeness (QED) is 0.842. The maximum Gasteiger partial charge on any atom is 0.220 e. The number of ether oxygens (including phenoxy) is 1. The molecule has 4 saturated carbocycles. The summed E-state index contributed by atoms with van der Waals surface area (Å²) in [5, 5.41) is 13.5. The van der Waals surface area contributed by atoms with Gasteiger partial charge in [-0.15, -0.1) is 0 Å². The first-order valence-corrected chi connectivity index (χ1v) is 9.31. The number of rotatable bonds is 5. The number of nitrogens with one attached hydrogen (secondary N) is 1. The van der Waals surface area contributed by atoms with Gasteiger partial charge in [-0.05, 0) is 61.8 Å². The van der Waals surface area contributed by atoms with Gasteiger partial charge in [-0.1, -0.05) is 6.07 Å². The van der Waals surface area contributed by atoms with Crippen molar-refractivity contribution >= 4 is 5.91 Å². The number of carbonyl (C=O) groups excluding carboxylic acids is 1. The van der Waals surface area contributed by atoms with Crippen molar-refractivity contribution in [2.24, 2.45) is 17.3 Å². The number of hydrogen-bond donors (Lipinski definition) is 2. The molecule has 6 heteroatoms. The SMILES string of the molecule is COc1ccc(CNC(=O)CC23C[C@@H]4C[C@H](CC(O)(C4)C2)C3)c(F)c1F. The van der Waals surface area contributed by atoms with E-state index in [9.17, 15) is 18.7 Å². The van der Waals surface area contributed by atoms with Gasteiger partial charge in [0.1, 0.15) is 0 Å². The van der Waals surface area contributed by atoms with E-state index in [1.165, 1.54) is 25.7 Å². The van der Waals surface area contributed by atoms with E-state index in [0.717, 1.165) is 25.7 Å². The fourth-order valence-corrected chi connectivity index (χ4v) is 6.07. The predicted octanol–water partition coefficient (Wildman–Crippen LogP) is 3.31. The summed E-state index contributed by atoms with van der Waals surface area (Å²) in [5.41, 5.74) is -0.636. The molecule has 4 bridgehead atoms. The van der Waals surface area contributed by atoms with Crippen molar-refractivity contribution in [3.63, 3.8) is 0 Å². The van der Waals surface area contributed by atoms with Crippen LogP contribution in [0.3, 0.4) is 0 Å². The minimum atomic E-state index is -1.04. The number of benzene rings is 1. The molecule has 1 aromatic carbocycles. The third kappa shape index (κ3) is 3.08. The standard InChI is InChI=1S/C20H25F2NO3/c1-26-15-3-2-14(17(21)18(15)22)10-23-16(24)9-19-5-12-4-13(6-19)8-20(25,7-12)11-19/h2-3,12-13,25H,4-11H2,1H3,(H,23,24)/t12-,13-,19?,20?/m0/s1. The average Bonchev–Trinajstić information content (AvgIpc) is 2.53. The van der Waals surface area contributed by atoms with Gasteiger partial charge in [-0.3, -0.25) is 4.79 Å². The molecule has 0 spiro atoms. The van der Waals surface area contributed by atoms with Crippen LogP contribution in [0, 0.1) is 28.9 Å². The maximum atomic E-state index is 14.0. The van der Waals surface area contributed by atoms with Crippen LogP contribution in [0.25, 0.3) is 0 Å². The summed E-state index contributed by atoms with van der Waals surface area (Å²) >= 11 is 0.